The maximum atomic E-state index is 6.68. The third-order valence-electron chi connectivity index (χ3n) is 9.95. The third kappa shape index (κ3) is 4.42. The maximum Gasteiger partial charge on any atom is 0.265 e. The van der Waals surface area contributed by atoms with Crippen molar-refractivity contribution < 1.29 is 13.9 Å². The van der Waals surface area contributed by atoms with Gasteiger partial charge in [-0.15, -0.1) is 0 Å². The van der Waals surface area contributed by atoms with Gasteiger partial charge in [0.2, 0.25) is 11.8 Å². The monoisotopic (exact) mass is 671 g/mol. The van der Waals surface area contributed by atoms with Crippen LogP contribution >= 0.6 is 0 Å². The van der Waals surface area contributed by atoms with E-state index < -0.39 is 0 Å². The number of amidine groups is 2. The molecule has 5 heterocycles. The highest BCUT2D eigenvalue weighted by molar-refractivity contribution is 6.98. The molecule has 2 aromatic heterocycles. The second-order valence-electron chi connectivity index (χ2n) is 13.0. The van der Waals surface area contributed by atoms with Crippen LogP contribution < -0.4 is 31.2 Å². The second-order valence-corrected chi connectivity index (χ2v) is 13.0. The molecule has 52 heavy (non-hydrogen) atoms. The summed E-state index contributed by atoms with van der Waals surface area (Å²) in [7, 11) is 0. The number of aliphatic imine (C=N–C) groups is 2. The molecule has 6 aromatic carbocycles. The standard InChI is InChI=1S/C43H26BN5O3/c1-3-13-25(14-4-1)38-45-39(26-15-5-2-6-16-26)47-41(46-38)29-19-11-17-27-35-28(18-12-24-34(35)50-37(27)29)40-48-42-36-43(49-40)52-33-23-10-8-21-31(33)44(36)30-20-7-9-22-32(30)51-42/h1-24,38H,(H,45,46,47). The highest BCUT2D eigenvalue weighted by Crippen LogP contribution is 2.40. The predicted octanol–water partition coefficient (Wildman–Crippen LogP) is 7.27. The van der Waals surface area contributed by atoms with E-state index in [2.05, 4.69) is 35.6 Å². The van der Waals surface area contributed by atoms with E-state index in [9.17, 15) is 0 Å². The van der Waals surface area contributed by atoms with Crippen molar-refractivity contribution in [1.29, 1.82) is 0 Å². The quantitative estimate of drug-likeness (QED) is 0.198. The Kier molecular flexibility index (Phi) is 6.24. The normalized spacial score (nSPS) is 15.4. The summed E-state index contributed by atoms with van der Waals surface area (Å²) in [6.45, 7) is -0.103. The number of benzene rings is 6. The summed E-state index contributed by atoms with van der Waals surface area (Å²) in [5.74, 6) is 4.33. The van der Waals surface area contributed by atoms with Crippen molar-refractivity contribution in [3.8, 4) is 34.6 Å². The number of nitrogens with one attached hydrogen (secondary N) is 1. The summed E-state index contributed by atoms with van der Waals surface area (Å²) in [5.41, 5.74) is 7.94. The number of aromatic nitrogens is 2. The van der Waals surface area contributed by atoms with Crippen molar-refractivity contribution in [2.24, 2.45) is 9.98 Å². The first-order valence-electron chi connectivity index (χ1n) is 17.2. The second kappa shape index (κ2) is 11.3. The first-order valence-corrected chi connectivity index (χ1v) is 17.2. The lowest BCUT2D eigenvalue weighted by Crippen LogP contribution is -2.57. The zero-order valence-corrected chi connectivity index (χ0v) is 27.5. The molecule has 0 saturated heterocycles. The van der Waals surface area contributed by atoms with Gasteiger partial charge in [-0.1, -0.05) is 121 Å². The number of para-hydroxylation sites is 3. The lowest BCUT2D eigenvalue weighted by Gasteiger charge is -2.31. The van der Waals surface area contributed by atoms with Crippen LogP contribution in [0.4, 0.5) is 0 Å². The van der Waals surface area contributed by atoms with Crippen molar-refractivity contribution >= 4 is 56.7 Å². The molecule has 0 radical (unpaired) electrons. The van der Waals surface area contributed by atoms with Gasteiger partial charge < -0.3 is 19.2 Å². The number of nitrogens with zero attached hydrogens (tertiary/aromatic N) is 4. The Morgan fingerprint density at radius 2 is 1.23 bits per heavy atom. The maximum absolute atomic E-state index is 6.68. The highest BCUT2D eigenvalue weighted by atomic mass is 16.5. The Balaban J connectivity index is 1.09. The number of furan rings is 1. The smallest absolute Gasteiger partial charge is 0.265 e. The molecule has 0 aliphatic carbocycles. The van der Waals surface area contributed by atoms with Gasteiger partial charge in [0.05, 0.1) is 11.0 Å². The Labute approximate surface area is 298 Å². The van der Waals surface area contributed by atoms with E-state index in [0.717, 1.165) is 66.7 Å². The molecule has 244 valence electrons. The first kappa shape index (κ1) is 28.8. The highest BCUT2D eigenvalue weighted by Gasteiger charge is 2.42. The molecule has 1 unspecified atom stereocenters. The van der Waals surface area contributed by atoms with Gasteiger partial charge in [-0.25, -0.2) is 9.98 Å². The molecular formula is C43H26BN5O3. The van der Waals surface area contributed by atoms with Gasteiger partial charge in [0.1, 0.15) is 34.7 Å². The average Bonchev–Trinajstić information content (AvgIpc) is 3.60. The summed E-state index contributed by atoms with van der Waals surface area (Å²) in [5, 5.41) is 5.33. The first-order chi connectivity index (χ1) is 25.8. The van der Waals surface area contributed by atoms with Crippen LogP contribution in [0.25, 0.3) is 33.3 Å². The fourth-order valence-corrected chi connectivity index (χ4v) is 7.59. The average molecular weight is 672 g/mol. The number of rotatable bonds is 4. The van der Waals surface area contributed by atoms with Gasteiger partial charge in [-0.05, 0) is 40.8 Å². The van der Waals surface area contributed by atoms with Gasteiger partial charge in [0.25, 0.3) is 6.71 Å². The van der Waals surface area contributed by atoms with Gasteiger partial charge in [0, 0.05) is 21.9 Å². The lowest BCUT2D eigenvalue weighted by atomic mass is 9.35. The van der Waals surface area contributed by atoms with Crippen molar-refractivity contribution in [2.75, 3.05) is 0 Å². The molecule has 0 amide bonds. The molecule has 3 aliphatic heterocycles. The molecule has 0 bridgehead atoms. The minimum absolute atomic E-state index is 0.103. The minimum atomic E-state index is -0.334. The Morgan fingerprint density at radius 1 is 0.596 bits per heavy atom. The van der Waals surface area contributed by atoms with Gasteiger partial charge in [-0.2, -0.15) is 9.97 Å². The fourth-order valence-electron chi connectivity index (χ4n) is 7.59. The van der Waals surface area contributed by atoms with Crippen molar-refractivity contribution in [3.63, 3.8) is 0 Å². The van der Waals surface area contributed by atoms with Crippen LogP contribution in [0.5, 0.6) is 23.3 Å². The number of hydrogen-bond donors (Lipinski definition) is 1. The third-order valence-corrected chi connectivity index (χ3v) is 9.95. The van der Waals surface area contributed by atoms with E-state index in [1.807, 2.05) is 115 Å². The topological polar surface area (TPSA) is 94.1 Å². The van der Waals surface area contributed by atoms with Gasteiger partial charge in [0.15, 0.2) is 11.7 Å². The molecule has 1 atom stereocenters. The van der Waals surface area contributed by atoms with Crippen LogP contribution in [0.15, 0.2) is 160 Å². The largest absolute Gasteiger partial charge is 0.455 e. The van der Waals surface area contributed by atoms with E-state index in [1.165, 1.54) is 0 Å². The summed E-state index contributed by atoms with van der Waals surface area (Å²) < 4.78 is 19.6. The number of fused-ring (bicyclic) bond motifs is 7. The van der Waals surface area contributed by atoms with Crippen molar-refractivity contribution in [2.45, 2.75) is 6.17 Å². The van der Waals surface area contributed by atoms with E-state index >= 15 is 0 Å². The Bertz CT molecular complexity index is 2730. The molecule has 9 heteroatoms. The van der Waals surface area contributed by atoms with Crippen LogP contribution in [0, 0.1) is 0 Å². The van der Waals surface area contributed by atoms with Crippen molar-refractivity contribution in [3.05, 3.63) is 162 Å². The molecule has 8 aromatic rings. The van der Waals surface area contributed by atoms with Crippen LogP contribution in [-0.2, 0) is 0 Å². The number of ether oxygens (including phenoxy) is 2. The molecule has 0 spiro atoms. The van der Waals surface area contributed by atoms with Crippen LogP contribution in [-0.4, -0.2) is 28.4 Å². The molecule has 0 saturated carbocycles. The Morgan fingerprint density at radius 3 is 1.96 bits per heavy atom. The van der Waals surface area contributed by atoms with E-state index in [0.29, 0.717) is 34.6 Å². The summed E-state index contributed by atoms with van der Waals surface area (Å²) in [6.07, 6.45) is -0.334. The summed E-state index contributed by atoms with van der Waals surface area (Å²) >= 11 is 0. The fraction of sp³-hybridized carbons (Fsp3) is 0.0233. The number of hydrogen-bond acceptors (Lipinski definition) is 8. The summed E-state index contributed by atoms with van der Waals surface area (Å²) in [4.78, 5) is 20.3. The van der Waals surface area contributed by atoms with E-state index in [1.54, 1.807) is 0 Å². The van der Waals surface area contributed by atoms with E-state index in [-0.39, 0.29) is 12.9 Å². The van der Waals surface area contributed by atoms with Crippen LogP contribution in [0.2, 0.25) is 0 Å². The van der Waals surface area contributed by atoms with Crippen molar-refractivity contribution in [1.82, 2.24) is 15.3 Å². The zero-order valence-electron chi connectivity index (χ0n) is 27.5. The molecule has 11 rings (SSSR count). The van der Waals surface area contributed by atoms with Gasteiger partial charge >= 0.3 is 0 Å². The lowest BCUT2D eigenvalue weighted by molar-refractivity contribution is 0.439. The van der Waals surface area contributed by atoms with Crippen LogP contribution in [0.3, 0.4) is 0 Å². The minimum Gasteiger partial charge on any atom is -0.455 e. The van der Waals surface area contributed by atoms with Crippen LogP contribution in [0.1, 0.15) is 22.9 Å². The Hall–Kier alpha value is -7.00. The zero-order chi connectivity index (χ0) is 34.2. The van der Waals surface area contributed by atoms with E-state index in [4.69, 9.17) is 33.8 Å². The molecule has 3 aliphatic rings. The summed E-state index contributed by atoms with van der Waals surface area (Å²) in [6, 6.07) is 48.5. The molecule has 1 N–H and O–H groups in total. The predicted molar refractivity (Wildman–Crippen MR) is 204 cm³/mol. The van der Waals surface area contributed by atoms with Gasteiger partial charge in [-0.3, -0.25) is 0 Å². The molecular weight excluding hydrogens is 645 g/mol. The molecule has 8 nitrogen and oxygen atoms in total. The molecule has 0 fully saturated rings. The SMILES string of the molecule is c1ccc(C2=NC(c3cccc4c3oc3cccc(-c5nc6c7c(n5)Oc5ccccc5B7c5ccccc5O6)c34)=NC(c3ccccc3)N2)cc1.